The van der Waals surface area contributed by atoms with Crippen LogP contribution in [0, 0.1) is 10.1 Å². The Morgan fingerprint density at radius 3 is 2.61 bits per heavy atom. The highest BCUT2D eigenvalue weighted by molar-refractivity contribution is 6.30. The van der Waals surface area contributed by atoms with E-state index in [4.69, 9.17) is 16.3 Å². The van der Waals surface area contributed by atoms with Gasteiger partial charge in [-0.15, -0.1) is 0 Å². The molecule has 0 heterocycles. The molecule has 1 amide bonds. The van der Waals surface area contributed by atoms with Crippen molar-refractivity contribution in [1.29, 1.82) is 0 Å². The number of alkyl halides is 3. The number of nitrogens with zero attached hydrogens (tertiary/aromatic N) is 1. The Kier molecular flexibility index (Phi) is 7.05. The molecule has 0 saturated heterocycles. The highest BCUT2D eigenvalue weighted by Crippen LogP contribution is 2.37. The summed E-state index contributed by atoms with van der Waals surface area (Å²) in [6.45, 7) is 0.0130. The van der Waals surface area contributed by atoms with Gasteiger partial charge in [0.25, 0.3) is 5.69 Å². The normalized spacial score (nSPS) is 11.0. The van der Waals surface area contributed by atoms with Gasteiger partial charge in [-0.1, -0.05) is 17.7 Å². The molecule has 0 radical (unpaired) electrons. The number of anilines is 2. The zero-order valence-corrected chi connectivity index (χ0v) is 15.0. The van der Waals surface area contributed by atoms with Crippen LogP contribution in [0.15, 0.2) is 42.5 Å². The predicted octanol–water partition coefficient (Wildman–Crippen LogP) is 5.32. The number of carbonyl (C=O) groups excluding carboxylic acids is 1. The maximum absolute atomic E-state index is 13.1. The lowest BCUT2D eigenvalue weighted by molar-refractivity contribution is -0.385. The Morgan fingerprint density at radius 2 is 1.96 bits per heavy atom. The number of nitrogens with one attached hydrogen (secondary N) is 2. The van der Waals surface area contributed by atoms with Crippen LogP contribution in [0.3, 0.4) is 0 Å². The smallest absolute Gasteiger partial charge is 0.418 e. The van der Waals surface area contributed by atoms with Gasteiger partial charge in [0.05, 0.1) is 17.1 Å². The molecule has 2 aromatic carbocycles. The number of amides is 1. The number of nitro groups is 1. The molecule has 11 heteroatoms. The van der Waals surface area contributed by atoms with E-state index < -0.39 is 28.4 Å². The molecule has 0 saturated carbocycles. The highest BCUT2D eigenvalue weighted by Gasteiger charge is 2.35. The van der Waals surface area contributed by atoms with Crippen molar-refractivity contribution < 1.29 is 27.6 Å². The van der Waals surface area contributed by atoms with Gasteiger partial charge in [0.2, 0.25) is 0 Å². The van der Waals surface area contributed by atoms with Crippen LogP contribution in [0.1, 0.15) is 12.0 Å². The highest BCUT2D eigenvalue weighted by atomic mass is 35.5. The lowest BCUT2D eigenvalue weighted by atomic mass is 10.1. The summed E-state index contributed by atoms with van der Waals surface area (Å²) < 4.78 is 44.1. The van der Waals surface area contributed by atoms with Crippen molar-refractivity contribution in [3.63, 3.8) is 0 Å². The zero-order chi connectivity index (χ0) is 20.7. The van der Waals surface area contributed by atoms with Crippen molar-refractivity contribution in [3.8, 4) is 0 Å². The topological polar surface area (TPSA) is 93.5 Å². The molecule has 28 heavy (non-hydrogen) atoms. The summed E-state index contributed by atoms with van der Waals surface area (Å²) in [4.78, 5) is 21.4. The predicted molar refractivity (Wildman–Crippen MR) is 97.6 cm³/mol. The van der Waals surface area contributed by atoms with Crippen LogP contribution in [0.5, 0.6) is 0 Å². The monoisotopic (exact) mass is 417 g/mol. The van der Waals surface area contributed by atoms with Gasteiger partial charge in [-0.2, -0.15) is 13.2 Å². The fraction of sp³-hybridized carbons (Fsp3) is 0.235. The average Bonchev–Trinajstić information content (AvgIpc) is 2.60. The molecule has 7 nitrogen and oxygen atoms in total. The van der Waals surface area contributed by atoms with E-state index in [0.29, 0.717) is 16.8 Å². The molecule has 2 rings (SSSR count). The third-order valence-corrected chi connectivity index (χ3v) is 3.70. The first kappa shape index (κ1) is 21.3. The van der Waals surface area contributed by atoms with E-state index in [0.717, 1.165) is 12.1 Å². The third-order valence-electron chi connectivity index (χ3n) is 3.46. The van der Waals surface area contributed by atoms with Crippen molar-refractivity contribution in [3.05, 3.63) is 63.2 Å². The second-order valence-corrected chi connectivity index (χ2v) is 5.97. The summed E-state index contributed by atoms with van der Waals surface area (Å²) in [5.41, 5.74) is -1.64. The van der Waals surface area contributed by atoms with Crippen molar-refractivity contribution in [2.75, 3.05) is 23.8 Å². The second kappa shape index (κ2) is 9.27. The minimum atomic E-state index is -4.75. The Morgan fingerprint density at radius 1 is 1.21 bits per heavy atom. The zero-order valence-electron chi connectivity index (χ0n) is 14.3. The standard InChI is InChI=1S/C17H15ClF3N3O4/c18-11-3-1-4-12(9-11)23-16(25)28-8-2-7-22-15-6-5-13(24(26)27)10-14(15)17(19,20)21/h1,3-6,9-10,22H,2,7-8H2,(H,23,25). The first-order valence-corrected chi connectivity index (χ1v) is 8.33. The summed E-state index contributed by atoms with van der Waals surface area (Å²) in [7, 11) is 0. The molecular formula is C17H15ClF3N3O4. The Labute approximate surface area is 162 Å². The van der Waals surface area contributed by atoms with E-state index in [9.17, 15) is 28.1 Å². The third kappa shape index (κ3) is 6.31. The van der Waals surface area contributed by atoms with Crippen LogP contribution in [-0.2, 0) is 10.9 Å². The number of rotatable bonds is 7. The van der Waals surface area contributed by atoms with Crippen LogP contribution in [0.25, 0.3) is 0 Å². The number of non-ortho nitro benzene ring substituents is 1. The summed E-state index contributed by atoms with van der Waals surface area (Å²) in [5, 5.41) is 16.1. The Balaban J connectivity index is 1.83. The first-order chi connectivity index (χ1) is 13.2. The molecule has 0 aromatic heterocycles. The Bertz CT molecular complexity index is 862. The Hall–Kier alpha value is -3.01. The molecule has 0 fully saturated rings. The molecule has 0 atom stereocenters. The van der Waals surface area contributed by atoms with Gasteiger partial charge in [0, 0.05) is 35.1 Å². The fourth-order valence-electron chi connectivity index (χ4n) is 2.21. The molecule has 150 valence electrons. The van der Waals surface area contributed by atoms with Crippen molar-refractivity contribution >= 4 is 34.8 Å². The van der Waals surface area contributed by atoms with E-state index in [1.807, 2.05) is 0 Å². The minimum absolute atomic E-state index is 0.0479. The van der Waals surface area contributed by atoms with E-state index >= 15 is 0 Å². The first-order valence-electron chi connectivity index (χ1n) is 7.95. The maximum Gasteiger partial charge on any atom is 0.418 e. The van der Waals surface area contributed by atoms with Gasteiger partial charge >= 0.3 is 12.3 Å². The van der Waals surface area contributed by atoms with Crippen LogP contribution in [0.2, 0.25) is 5.02 Å². The van der Waals surface area contributed by atoms with Gasteiger partial charge < -0.3 is 10.1 Å². The van der Waals surface area contributed by atoms with E-state index in [1.54, 1.807) is 18.2 Å². The molecule has 2 N–H and O–H groups in total. The van der Waals surface area contributed by atoms with E-state index in [-0.39, 0.29) is 25.3 Å². The molecule has 0 bridgehead atoms. The van der Waals surface area contributed by atoms with Crippen molar-refractivity contribution in [2.24, 2.45) is 0 Å². The SMILES string of the molecule is O=C(Nc1cccc(Cl)c1)OCCCNc1ccc([N+](=O)[O-])cc1C(F)(F)F. The molecule has 0 aliphatic carbocycles. The van der Waals surface area contributed by atoms with Gasteiger partial charge in [-0.05, 0) is 30.7 Å². The van der Waals surface area contributed by atoms with Crippen molar-refractivity contribution in [2.45, 2.75) is 12.6 Å². The van der Waals surface area contributed by atoms with Gasteiger partial charge in [0.15, 0.2) is 0 Å². The number of nitro benzene ring substituents is 1. The largest absolute Gasteiger partial charge is 0.449 e. The number of halogens is 4. The van der Waals surface area contributed by atoms with E-state index in [2.05, 4.69) is 10.6 Å². The quantitative estimate of drug-likeness (QED) is 0.361. The summed E-state index contributed by atoms with van der Waals surface area (Å²) in [6, 6.07) is 8.86. The molecule has 0 unspecified atom stereocenters. The average molecular weight is 418 g/mol. The number of ether oxygens (including phenoxy) is 1. The number of hydrogen-bond donors (Lipinski definition) is 2. The molecule has 0 aliphatic rings. The van der Waals surface area contributed by atoms with Crippen LogP contribution >= 0.6 is 11.6 Å². The van der Waals surface area contributed by atoms with Crippen molar-refractivity contribution in [1.82, 2.24) is 0 Å². The van der Waals surface area contributed by atoms with Gasteiger partial charge in [0.1, 0.15) is 0 Å². The lowest BCUT2D eigenvalue weighted by Gasteiger charge is -2.14. The summed E-state index contributed by atoms with van der Waals surface area (Å²) in [6.07, 6.45) is -5.26. The number of carbonyl (C=O) groups is 1. The fourth-order valence-corrected chi connectivity index (χ4v) is 2.41. The molecular weight excluding hydrogens is 403 g/mol. The lowest BCUT2D eigenvalue weighted by Crippen LogP contribution is -2.17. The summed E-state index contributed by atoms with van der Waals surface area (Å²) >= 11 is 5.79. The number of hydrogen-bond acceptors (Lipinski definition) is 5. The molecule has 2 aromatic rings. The van der Waals surface area contributed by atoms with Gasteiger partial charge in [-0.25, -0.2) is 4.79 Å². The number of benzene rings is 2. The second-order valence-electron chi connectivity index (χ2n) is 5.54. The molecule has 0 spiro atoms. The van der Waals surface area contributed by atoms with Gasteiger partial charge in [-0.3, -0.25) is 15.4 Å². The van der Waals surface area contributed by atoms with Crippen LogP contribution in [0.4, 0.5) is 35.0 Å². The summed E-state index contributed by atoms with van der Waals surface area (Å²) in [5.74, 6) is 0. The maximum atomic E-state index is 13.1. The van der Waals surface area contributed by atoms with Crippen LogP contribution in [-0.4, -0.2) is 24.2 Å². The van der Waals surface area contributed by atoms with E-state index in [1.165, 1.54) is 6.07 Å². The molecule has 0 aliphatic heterocycles. The minimum Gasteiger partial charge on any atom is -0.449 e. The van der Waals surface area contributed by atoms with Crippen LogP contribution < -0.4 is 10.6 Å².